The van der Waals surface area contributed by atoms with Crippen molar-refractivity contribution < 1.29 is 15.0 Å². The highest BCUT2D eigenvalue weighted by molar-refractivity contribution is 5.97. The van der Waals surface area contributed by atoms with Gasteiger partial charge in [-0.15, -0.1) is 0 Å². The molecule has 1 aliphatic rings. The van der Waals surface area contributed by atoms with Gasteiger partial charge in [0.1, 0.15) is 0 Å². The fraction of sp³-hybridized carbons (Fsp3) is 0.500. The molecule has 98 valence electrons. The molecule has 2 N–H and O–H groups in total. The molecule has 0 saturated carbocycles. The Bertz CT molecular complexity index is 448. The van der Waals surface area contributed by atoms with Crippen LogP contribution in [-0.2, 0) is 0 Å². The third-order valence-electron chi connectivity index (χ3n) is 3.53. The number of β-amino-alcohol motifs (C(OH)–C–C–N with tert-alkyl or cyclic N) is 2. The minimum Gasteiger partial charge on any atom is -0.389 e. The number of aliphatic hydroxyl groups is 2. The van der Waals surface area contributed by atoms with Gasteiger partial charge in [0.15, 0.2) is 5.78 Å². The number of aryl methyl sites for hydroxylation is 2. The van der Waals surface area contributed by atoms with Crippen LogP contribution in [0.5, 0.6) is 0 Å². The van der Waals surface area contributed by atoms with Crippen LogP contribution in [0.25, 0.3) is 0 Å². The Morgan fingerprint density at radius 2 is 1.83 bits per heavy atom. The van der Waals surface area contributed by atoms with E-state index in [1.165, 1.54) is 5.56 Å². The summed E-state index contributed by atoms with van der Waals surface area (Å²) < 4.78 is 0. The van der Waals surface area contributed by atoms with Crippen LogP contribution in [0.4, 0.5) is 0 Å². The predicted octanol–water partition coefficient (Wildman–Crippen LogP) is 0.524. The second-order valence-corrected chi connectivity index (χ2v) is 5.05. The van der Waals surface area contributed by atoms with Crippen molar-refractivity contribution >= 4 is 5.78 Å². The Morgan fingerprint density at radius 3 is 2.39 bits per heavy atom. The van der Waals surface area contributed by atoms with Gasteiger partial charge in [-0.1, -0.05) is 12.1 Å². The van der Waals surface area contributed by atoms with Crippen LogP contribution in [0.2, 0.25) is 0 Å². The van der Waals surface area contributed by atoms with Gasteiger partial charge >= 0.3 is 0 Å². The van der Waals surface area contributed by atoms with Crippen molar-refractivity contribution in [1.29, 1.82) is 0 Å². The molecule has 4 heteroatoms. The second kappa shape index (κ2) is 5.18. The fourth-order valence-electron chi connectivity index (χ4n) is 2.19. The molecule has 18 heavy (non-hydrogen) atoms. The topological polar surface area (TPSA) is 60.8 Å². The van der Waals surface area contributed by atoms with Crippen molar-refractivity contribution in [2.75, 3.05) is 19.6 Å². The number of nitrogens with zero attached hydrogens (tertiary/aromatic N) is 1. The molecular weight excluding hydrogens is 230 g/mol. The van der Waals surface area contributed by atoms with E-state index in [0.29, 0.717) is 18.7 Å². The standard InChI is InChI=1S/C14H19NO3/c1-9-3-4-11(5-10(9)2)12(16)6-15-7-13(17)14(18)8-15/h3-5,13-14,17-18H,6-8H2,1-2H3. The third-order valence-corrected chi connectivity index (χ3v) is 3.53. The number of Topliss-reactive ketones (excluding diaryl/α,β-unsaturated/α-hetero) is 1. The van der Waals surface area contributed by atoms with E-state index in [4.69, 9.17) is 0 Å². The maximum absolute atomic E-state index is 12.1. The van der Waals surface area contributed by atoms with Crippen LogP contribution < -0.4 is 0 Å². The Morgan fingerprint density at radius 1 is 1.22 bits per heavy atom. The zero-order chi connectivity index (χ0) is 13.3. The van der Waals surface area contributed by atoms with E-state index in [1.54, 1.807) is 4.90 Å². The molecular formula is C14H19NO3. The smallest absolute Gasteiger partial charge is 0.176 e. The minimum atomic E-state index is -0.738. The molecule has 0 bridgehead atoms. The second-order valence-electron chi connectivity index (χ2n) is 5.05. The van der Waals surface area contributed by atoms with E-state index in [9.17, 15) is 15.0 Å². The quantitative estimate of drug-likeness (QED) is 0.767. The molecule has 2 atom stereocenters. The van der Waals surface area contributed by atoms with Gasteiger partial charge in [0.2, 0.25) is 0 Å². The van der Waals surface area contributed by atoms with E-state index in [2.05, 4.69) is 0 Å². The Kier molecular flexibility index (Phi) is 3.80. The van der Waals surface area contributed by atoms with Gasteiger partial charge < -0.3 is 10.2 Å². The van der Waals surface area contributed by atoms with E-state index in [-0.39, 0.29) is 12.3 Å². The van der Waals surface area contributed by atoms with Gasteiger partial charge in [0, 0.05) is 18.7 Å². The van der Waals surface area contributed by atoms with E-state index >= 15 is 0 Å². The van der Waals surface area contributed by atoms with Gasteiger partial charge in [0.05, 0.1) is 18.8 Å². The van der Waals surface area contributed by atoms with Crippen molar-refractivity contribution in [1.82, 2.24) is 4.90 Å². The molecule has 1 aromatic rings. The number of benzene rings is 1. The lowest BCUT2D eigenvalue weighted by Crippen LogP contribution is -2.28. The Labute approximate surface area is 107 Å². The molecule has 1 heterocycles. The van der Waals surface area contributed by atoms with Crippen molar-refractivity contribution in [3.05, 3.63) is 34.9 Å². The van der Waals surface area contributed by atoms with E-state index in [1.807, 2.05) is 32.0 Å². The molecule has 1 fully saturated rings. The fourth-order valence-corrected chi connectivity index (χ4v) is 2.19. The van der Waals surface area contributed by atoms with Crippen LogP contribution in [0.1, 0.15) is 21.5 Å². The summed E-state index contributed by atoms with van der Waals surface area (Å²) in [5, 5.41) is 18.9. The lowest BCUT2D eigenvalue weighted by atomic mass is 10.0. The van der Waals surface area contributed by atoms with Crippen LogP contribution in [0.15, 0.2) is 18.2 Å². The first-order valence-corrected chi connectivity index (χ1v) is 6.16. The Hall–Kier alpha value is -1.23. The molecule has 2 unspecified atom stereocenters. The highest BCUT2D eigenvalue weighted by atomic mass is 16.3. The predicted molar refractivity (Wildman–Crippen MR) is 68.7 cm³/mol. The summed E-state index contributed by atoms with van der Waals surface area (Å²) in [6, 6.07) is 5.66. The average molecular weight is 249 g/mol. The summed E-state index contributed by atoms with van der Waals surface area (Å²) in [5.41, 5.74) is 2.95. The normalized spacial score (nSPS) is 24.4. The first kappa shape index (κ1) is 13.2. The first-order chi connectivity index (χ1) is 8.47. The highest BCUT2D eigenvalue weighted by Crippen LogP contribution is 2.14. The average Bonchev–Trinajstić information content (AvgIpc) is 2.61. The lowest BCUT2D eigenvalue weighted by molar-refractivity contribution is 0.0572. The lowest BCUT2D eigenvalue weighted by Gasteiger charge is -2.14. The molecule has 0 aliphatic carbocycles. The molecule has 0 amide bonds. The molecule has 4 nitrogen and oxygen atoms in total. The van der Waals surface area contributed by atoms with Gasteiger partial charge in [-0.3, -0.25) is 9.69 Å². The number of hydrogen-bond donors (Lipinski definition) is 2. The van der Waals surface area contributed by atoms with Gasteiger partial charge in [-0.2, -0.15) is 0 Å². The summed E-state index contributed by atoms with van der Waals surface area (Å²) in [6.45, 7) is 4.96. The van der Waals surface area contributed by atoms with Crippen molar-refractivity contribution in [2.45, 2.75) is 26.1 Å². The minimum absolute atomic E-state index is 0.0272. The number of ketones is 1. The van der Waals surface area contributed by atoms with Gasteiger partial charge in [-0.25, -0.2) is 0 Å². The van der Waals surface area contributed by atoms with Crippen LogP contribution >= 0.6 is 0 Å². The van der Waals surface area contributed by atoms with Crippen molar-refractivity contribution in [2.24, 2.45) is 0 Å². The summed E-state index contributed by atoms with van der Waals surface area (Å²) in [5.74, 6) is 0.0272. The van der Waals surface area contributed by atoms with Crippen LogP contribution in [0.3, 0.4) is 0 Å². The van der Waals surface area contributed by atoms with Gasteiger partial charge in [0.25, 0.3) is 0 Å². The summed E-state index contributed by atoms with van der Waals surface area (Å²) in [4.78, 5) is 13.9. The molecule has 1 aliphatic heterocycles. The molecule has 2 rings (SSSR count). The first-order valence-electron chi connectivity index (χ1n) is 6.16. The van der Waals surface area contributed by atoms with Gasteiger partial charge in [-0.05, 0) is 31.0 Å². The third kappa shape index (κ3) is 2.77. The summed E-state index contributed by atoms with van der Waals surface area (Å²) >= 11 is 0. The highest BCUT2D eigenvalue weighted by Gasteiger charge is 2.30. The summed E-state index contributed by atoms with van der Waals surface area (Å²) in [6.07, 6.45) is -1.48. The van der Waals surface area contributed by atoms with E-state index < -0.39 is 12.2 Å². The zero-order valence-corrected chi connectivity index (χ0v) is 10.8. The maximum Gasteiger partial charge on any atom is 0.176 e. The van der Waals surface area contributed by atoms with E-state index in [0.717, 1.165) is 5.56 Å². The molecule has 1 aromatic carbocycles. The summed E-state index contributed by atoms with van der Waals surface area (Å²) in [7, 11) is 0. The SMILES string of the molecule is Cc1ccc(C(=O)CN2CC(O)C(O)C2)cc1C. The molecule has 1 saturated heterocycles. The Balaban J connectivity index is 2.02. The van der Waals surface area contributed by atoms with Crippen molar-refractivity contribution in [3.63, 3.8) is 0 Å². The van der Waals surface area contributed by atoms with Crippen LogP contribution in [0, 0.1) is 13.8 Å². The zero-order valence-electron chi connectivity index (χ0n) is 10.8. The number of carbonyl (C=O) groups is 1. The van der Waals surface area contributed by atoms with Crippen LogP contribution in [-0.4, -0.2) is 52.7 Å². The monoisotopic (exact) mass is 249 g/mol. The largest absolute Gasteiger partial charge is 0.389 e. The molecule has 0 radical (unpaired) electrons. The number of likely N-dealkylation sites (tertiary alicyclic amines) is 1. The number of carbonyl (C=O) groups excluding carboxylic acids is 1. The number of rotatable bonds is 3. The maximum atomic E-state index is 12.1. The molecule has 0 spiro atoms. The molecule has 0 aromatic heterocycles. The number of aliphatic hydroxyl groups excluding tert-OH is 2. The number of hydrogen-bond acceptors (Lipinski definition) is 4. The van der Waals surface area contributed by atoms with Crippen molar-refractivity contribution in [3.8, 4) is 0 Å².